The van der Waals surface area contributed by atoms with Gasteiger partial charge < -0.3 is 25.9 Å². The van der Waals surface area contributed by atoms with Crippen molar-refractivity contribution in [2.75, 3.05) is 24.6 Å². The van der Waals surface area contributed by atoms with E-state index in [1.807, 2.05) is 48.5 Å². The van der Waals surface area contributed by atoms with Crippen LogP contribution in [0.15, 0.2) is 72.9 Å². The molecule has 0 aliphatic carbocycles. The number of carbonyl (C=O) groups excluding carboxylic acids is 1. The molecule has 1 amide bonds. The molecule has 41 heavy (non-hydrogen) atoms. The third kappa shape index (κ3) is 5.23. The minimum atomic E-state index is -0.461. The summed E-state index contributed by atoms with van der Waals surface area (Å²) in [5, 5.41) is 14.8. The van der Waals surface area contributed by atoms with E-state index in [4.69, 9.17) is 37.8 Å². The van der Waals surface area contributed by atoms with Gasteiger partial charge in [-0.3, -0.25) is 9.58 Å². The molecule has 3 aromatic carbocycles. The van der Waals surface area contributed by atoms with Crippen molar-refractivity contribution in [3.63, 3.8) is 0 Å². The number of aromatic amines is 1. The third-order valence-corrected chi connectivity index (χ3v) is 7.35. The Morgan fingerprint density at radius 3 is 2.59 bits per heavy atom. The van der Waals surface area contributed by atoms with Gasteiger partial charge in [0, 0.05) is 40.0 Å². The molecule has 0 spiro atoms. The van der Waals surface area contributed by atoms with Crippen LogP contribution in [0.4, 0.5) is 16.3 Å². The zero-order valence-corrected chi connectivity index (χ0v) is 22.6. The van der Waals surface area contributed by atoms with Crippen LogP contribution in [0.5, 0.6) is 11.5 Å². The minimum Gasteiger partial charge on any atom is -0.492 e. The fourth-order valence-electron chi connectivity index (χ4n) is 5.15. The monoisotopic (exact) mass is 567 g/mol. The van der Waals surface area contributed by atoms with Gasteiger partial charge in [-0.15, -0.1) is 0 Å². The lowest BCUT2D eigenvalue weighted by molar-refractivity contribution is 0.135. The molecule has 1 aliphatic rings. The molecule has 0 radical (unpaired) electrons. The van der Waals surface area contributed by atoms with Crippen LogP contribution in [-0.2, 0) is 13.0 Å². The van der Waals surface area contributed by atoms with Gasteiger partial charge in [-0.25, -0.2) is 4.79 Å². The lowest BCUT2D eigenvalue weighted by atomic mass is 9.92. The van der Waals surface area contributed by atoms with Gasteiger partial charge in [0.1, 0.15) is 35.8 Å². The van der Waals surface area contributed by atoms with Gasteiger partial charge in [-0.1, -0.05) is 23.7 Å². The Morgan fingerprint density at radius 1 is 1.10 bits per heavy atom. The number of nitrogens with two attached hydrogens (primary N) is 2. The molecule has 1 unspecified atom stereocenters. The third-order valence-electron chi connectivity index (χ3n) is 7.10. The Bertz CT molecular complexity index is 1770. The first kappa shape index (κ1) is 26.1. The van der Waals surface area contributed by atoms with Crippen LogP contribution in [0.25, 0.3) is 10.9 Å². The average molecular weight is 568 g/mol. The summed E-state index contributed by atoms with van der Waals surface area (Å²) < 4.78 is 13.2. The zero-order chi connectivity index (χ0) is 28.5. The van der Waals surface area contributed by atoms with Crippen molar-refractivity contribution in [2.45, 2.75) is 19.0 Å². The van der Waals surface area contributed by atoms with E-state index in [-0.39, 0.29) is 5.82 Å². The maximum atomic E-state index is 13.5. The van der Waals surface area contributed by atoms with E-state index < -0.39 is 12.1 Å². The van der Waals surface area contributed by atoms with E-state index >= 15 is 0 Å². The van der Waals surface area contributed by atoms with Crippen LogP contribution < -0.4 is 20.9 Å². The van der Waals surface area contributed by atoms with Gasteiger partial charge >= 0.3 is 6.09 Å². The first-order valence-electron chi connectivity index (χ1n) is 13.0. The highest BCUT2D eigenvalue weighted by molar-refractivity contribution is 6.30. The predicted octanol–water partition coefficient (Wildman–Crippen LogP) is 5.28. The number of halogens is 1. The number of benzene rings is 3. The molecule has 3 heterocycles. The fraction of sp³-hybridized carbons (Fsp3) is 0.167. The summed E-state index contributed by atoms with van der Waals surface area (Å²) in [6.45, 7) is 1.23. The number of carbonyl (C=O) groups is 1. The Hall–Kier alpha value is -5.14. The largest absolute Gasteiger partial charge is 0.492 e. The average Bonchev–Trinajstić information content (AvgIpc) is 3.53. The highest BCUT2D eigenvalue weighted by atomic mass is 35.5. The lowest BCUT2D eigenvalue weighted by Gasteiger charge is -2.35. The van der Waals surface area contributed by atoms with Crippen LogP contribution in [0.2, 0.25) is 5.02 Å². The van der Waals surface area contributed by atoms with Crippen LogP contribution >= 0.6 is 11.6 Å². The molecule has 0 fully saturated rings. The van der Waals surface area contributed by atoms with Crippen molar-refractivity contribution >= 4 is 40.1 Å². The summed E-state index contributed by atoms with van der Waals surface area (Å²) in [5.41, 5.74) is 16.7. The van der Waals surface area contributed by atoms with Crippen molar-refractivity contribution in [1.29, 1.82) is 5.26 Å². The fourth-order valence-corrected chi connectivity index (χ4v) is 5.28. The molecular formula is C30H26ClN7O3. The highest BCUT2D eigenvalue weighted by Gasteiger charge is 2.35. The van der Waals surface area contributed by atoms with Crippen molar-refractivity contribution in [2.24, 2.45) is 0 Å². The van der Waals surface area contributed by atoms with Crippen molar-refractivity contribution in [1.82, 2.24) is 19.7 Å². The van der Waals surface area contributed by atoms with Gasteiger partial charge in [0.25, 0.3) is 0 Å². The standard InChI is InChI=1S/C30H26ClN7O3/c31-20-3-8-23(9-4-20)41-30(39)38-12-11-24-25-15-21(33)5-10-26(25)35-27(24)28(38)18-1-6-22(7-2-18)40-14-13-37-17-19(16-32)29(34)36-37/h1-10,15,17,28,35H,11-14,33H2,(H2,34,36). The molecule has 0 bridgehead atoms. The Labute approximate surface area is 240 Å². The number of ether oxygens (including phenoxy) is 2. The second-order valence-corrected chi connectivity index (χ2v) is 10.1. The minimum absolute atomic E-state index is 0.197. The number of rotatable bonds is 6. The first-order chi connectivity index (χ1) is 19.9. The smallest absolute Gasteiger partial charge is 0.416 e. The van der Waals surface area contributed by atoms with Crippen LogP contribution in [0.3, 0.4) is 0 Å². The molecule has 206 valence electrons. The van der Waals surface area contributed by atoms with E-state index in [0.717, 1.165) is 27.7 Å². The summed E-state index contributed by atoms with van der Waals surface area (Å²) in [7, 11) is 0. The molecule has 10 nitrogen and oxygen atoms in total. The zero-order valence-electron chi connectivity index (χ0n) is 21.9. The normalized spacial score (nSPS) is 14.4. The molecule has 6 rings (SSSR count). The van der Waals surface area contributed by atoms with Crippen molar-refractivity contribution < 1.29 is 14.3 Å². The SMILES string of the molecule is N#Cc1cn(CCOc2ccc(C3c4[nH]c5ccc(N)cc5c4CCN3C(=O)Oc3ccc(Cl)cc3)cc2)nc1N. The highest BCUT2D eigenvalue weighted by Crippen LogP contribution is 2.39. The predicted molar refractivity (Wildman–Crippen MR) is 156 cm³/mol. The van der Waals surface area contributed by atoms with E-state index in [9.17, 15) is 4.79 Å². The number of fused-ring (bicyclic) bond motifs is 3. The topological polar surface area (TPSA) is 148 Å². The number of H-pyrrole nitrogens is 1. The van der Waals surface area contributed by atoms with E-state index in [0.29, 0.717) is 53.9 Å². The maximum absolute atomic E-state index is 13.5. The van der Waals surface area contributed by atoms with Gasteiger partial charge in [-0.2, -0.15) is 10.4 Å². The Morgan fingerprint density at radius 2 is 1.85 bits per heavy atom. The number of nitrogen functional groups attached to an aromatic ring is 2. The number of aromatic nitrogens is 3. The number of hydrogen-bond acceptors (Lipinski definition) is 7. The molecular weight excluding hydrogens is 542 g/mol. The number of nitrogens with zero attached hydrogens (tertiary/aromatic N) is 4. The van der Waals surface area contributed by atoms with Gasteiger partial charge in [0.2, 0.25) is 0 Å². The van der Waals surface area contributed by atoms with E-state index in [2.05, 4.69) is 10.1 Å². The summed E-state index contributed by atoms with van der Waals surface area (Å²) in [6.07, 6.45) is 1.78. The second kappa shape index (κ2) is 10.8. The molecule has 0 saturated heterocycles. The van der Waals surface area contributed by atoms with Crippen LogP contribution in [0.1, 0.15) is 28.4 Å². The molecule has 1 atom stereocenters. The van der Waals surface area contributed by atoms with Gasteiger partial charge in [-0.05, 0) is 72.1 Å². The van der Waals surface area contributed by atoms with Crippen LogP contribution in [-0.4, -0.2) is 38.9 Å². The lowest BCUT2D eigenvalue weighted by Crippen LogP contribution is -2.42. The number of hydrogen-bond donors (Lipinski definition) is 3. The van der Waals surface area contributed by atoms with E-state index in [1.54, 1.807) is 40.0 Å². The summed E-state index contributed by atoms with van der Waals surface area (Å²) in [4.78, 5) is 18.7. The first-order valence-corrected chi connectivity index (χ1v) is 13.4. The summed E-state index contributed by atoms with van der Waals surface area (Å²) in [6, 6.07) is 21.7. The Balaban J connectivity index is 1.26. The summed E-state index contributed by atoms with van der Waals surface area (Å²) >= 11 is 6.00. The Kier molecular flexibility index (Phi) is 6.87. The van der Waals surface area contributed by atoms with E-state index in [1.165, 1.54) is 0 Å². The molecule has 2 aromatic heterocycles. The van der Waals surface area contributed by atoms with Gasteiger partial charge in [0.15, 0.2) is 5.82 Å². The van der Waals surface area contributed by atoms with Crippen molar-refractivity contribution in [3.8, 4) is 17.6 Å². The van der Waals surface area contributed by atoms with Gasteiger partial charge in [0.05, 0.1) is 6.54 Å². The molecule has 5 N–H and O–H groups in total. The van der Waals surface area contributed by atoms with Crippen molar-refractivity contribution in [3.05, 3.63) is 100 Å². The number of nitrogens with one attached hydrogen (secondary N) is 1. The molecule has 0 saturated carbocycles. The molecule has 11 heteroatoms. The summed E-state index contributed by atoms with van der Waals surface area (Å²) in [5.74, 6) is 1.27. The molecule has 5 aromatic rings. The second-order valence-electron chi connectivity index (χ2n) is 9.71. The maximum Gasteiger partial charge on any atom is 0.416 e. The number of anilines is 2. The number of amides is 1. The van der Waals surface area contributed by atoms with Crippen LogP contribution in [0, 0.1) is 11.3 Å². The quantitative estimate of drug-likeness (QED) is 0.236. The molecule has 1 aliphatic heterocycles. The number of nitriles is 1.